The van der Waals surface area contributed by atoms with E-state index in [1.807, 2.05) is 24.3 Å². The number of aryl methyl sites for hydroxylation is 2. The van der Waals surface area contributed by atoms with Gasteiger partial charge in [-0.05, 0) is 86.8 Å². The number of carboxylic acid groups (broad SMARTS) is 2. The second kappa shape index (κ2) is 29.2. The molecular weight excluding hydrogens is 876 g/mol. The summed E-state index contributed by atoms with van der Waals surface area (Å²) >= 11 is 0. The predicted octanol–water partition coefficient (Wildman–Crippen LogP) is 8.10. The van der Waals surface area contributed by atoms with Crippen LogP contribution < -0.4 is 10.2 Å². The summed E-state index contributed by atoms with van der Waals surface area (Å²) in [5, 5.41) is 22.4. The van der Waals surface area contributed by atoms with E-state index in [1.165, 1.54) is 116 Å². The van der Waals surface area contributed by atoms with Gasteiger partial charge in [0.2, 0.25) is 20.0 Å². The van der Waals surface area contributed by atoms with Gasteiger partial charge in [-0.15, -0.1) is 0 Å². The van der Waals surface area contributed by atoms with Crippen LogP contribution in [0.15, 0.2) is 58.3 Å². The van der Waals surface area contributed by atoms with E-state index < -0.39 is 44.1 Å². The average Bonchev–Trinajstić information content (AvgIpc) is 3.93. The normalized spacial score (nSPS) is 17.3. The Morgan fingerprint density at radius 1 is 0.492 bits per heavy atom. The molecule has 0 bridgehead atoms. The number of aliphatic carboxylic acids is 2. The molecule has 59 heavy (non-hydrogen) atoms. The molecule has 10 nitrogen and oxygen atoms in total. The number of nitrogens with zero attached hydrogens (tertiary/aromatic N) is 2. The molecule has 2 atom stereocenters. The van der Waals surface area contributed by atoms with Crippen LogP contribution in [0.2, 0.25) is 0 Å². The van der Waals surface area contributed by atoms with Crippen molar-refractivity contribution in [3.05, 3.63) is 59.7 Å². The Hall–Kier alpha value is -2.18. The van der Waals surface area contributed by atoms with E-state index in [9.17, 15) is 36.6 Å². The second-order valence-electron chi connectivity index (χ2n) is 16.3. The summed E-state index contributed by atoms with van der Waals surface area (Å²) in [5.41, 5.74) is 2.25. The smallest absolute Gasteiger partial charge is 0.548 e. The van der Waals surface area contributed by atoms with Crippen molar-refractivity contribution in [1.29, 1.82) is 0 Å². The molecule has 0 amide bonds. The Morgan fingerprint density at radius 2 is 0.763 bits per heavy atom. The summed E-state index contributed by atoms with van der Waals surface area (Å²) in [6.07, 6.45) is 29.5. The Morgan fingerprint density at radius 3 is 1.03 bits per heavy atom. The van der Waals surface area contributed by atoms with Crippen molar-refractivity contribution in [2.24, 2.45) is 0 Å². The Balaban J connectivity index is 0.000000400. The average molecular weight is 948 g/mol. The summed E-state index contributed by atoms with van der Waals surface area (Å²) in [5.74, 6) is -2.63. The summed E-state index contributed by atoms with van der Waals surface area (Å²) in [4.78, 5) is 22.7. The molecule has 2 fully saturated rings. The van der Waals surface area contributed by atoms with Crippen molar-refractivity contribution >= 4 is 32.0 Å². The molecule has 335 valence electrons. The van der Waals surface area contributed by atoms with Crippen LogP contribution in [-0.4, -0.2) is 62.6 Å². The van der Waals surface area contributed by atoms with Crippen LogP contribution in [-0.2, 0) is 62.0 Å². The fourth-order valence-corrected chi connectivity index (χ4v) is 11.4. The molecule has 2 aromatic carbocycles. The zero-order chi connectivity index (χ0) is 42.2. The third kappa shape index (κ3) is 18.4. The number of hydrogen-bond acceptors (Lipinski definition) is 8. The second-order valence-corrected chi connectivity index (χ2v) is 20.1. The minimum Gasteiger partial charge on any atom is -0.548 e. The first-order valence-corrected chi connectivity index (χ1v) is 25.4. The molecule has 2 heterocycles. The molecular formula is C46H72N2O8RhS2. The minimum atomic E-state index is -3.78. The van der Waals surface area contributed by atoms with Gasteiger partial charge in [0, 0.05) is 13.1 Å². The first kappa shape index (κ1) is 53.0. The van der Waals surface area contributed by atoms with E-state index >= 15 is 0 Å². The maximum atomic E-state index is 12.7. The fraction of sp³-hybridized carbons (Fsp3) is 0.696. The topological polar surface area (TPSA) is 155 Å². The zero-order valence-electron chi connectivity index (χ0n) is 35.9. The zero-order valence-corrected chi connectivity index (χ0v) is 39.2. The number of carbonyl (C=O) groups excluding carboxylic acids is 2. The molecule has 1 radical (unpaired) electrons. The van der Waals surface area contributed by atoms with E-state index in [1.54, 1.807) is 24.3 Å². The molecule has 13 heteroatoms. The molecule has 0 N–H and O–H groups in total. The number of carbonyl (C=O) groups is 2. The van der Waals surface area contributed by atoms with E-state index in [-0.39, 0.29) is 42.4 Å². The van der Waals surface area contributed by atoms with Gasteiger partial charge in [-0.3, -0.25) is 0 Å². The Kier molecular flexibility index (Phi) is 26.2. The van der Waals surface area contributed by atoms with Gasteiger partial charge in [-0.1, -0.05) is 154 Å². The molecule has 2 saturated heterocycles. The molecule has 2 aliphatic heterocycles. The number of carboxylic acids is 2. The molecule has 0 aliphatic carbocycles. The molecule has 0 saturated carbocycles. The summed E-state index contributed by atoms with van der Waals surface area (Å²) < 4.78 is 53.1. The SMILES string of the molecule is CCCCCCCCCCCCc1ccc(S(=O)(=O)N2CCC[C@@H]2C(=O)[O-])cc1.CCCCCCCCCCCCc1ccc(S(=O)(=O)N2CCC[C@H]2C(=O)[O-])cc1.[Rh+2]. The first-order chi connectivity index (χ1) is 27.9. The van der Waals surface area contributed by atoms with Crippen molar-refractivity contribution in [1.82, 2.24) is 8.61 Å². The van der Waals surface area contributed by atoms with Crippen LogP contribution in [0.5, 0.6) is 0 Å². The fourth-order valence-electron chi connectivity index (χ4n) is 8.09. The van der Waals surface area contributed by atoms with Crippen molar-refractivity contribution < 1.29 is 56.1 Å². The van der Waals surface area contributed by atoms with Crippen molar-refractivity contribution in [2.75, 3.05) is 13.1 Å². The van der Waals surface area contributed by atoms with E-state index in [2.05, 4.69) is 13.8 Å². The van der Waals surface area contributed by atoms with E-state index in [4.69, 9.17) is 0 Å². The third-order valence-electron chi connectivity index (χ3n) is 11.6. The van der Waals surface area contributed by atoms with Gasteiger partial charge in [-0.25, -0.2) is 16.8 Å². The quantitative estimate of drug-likeness (QED) is 0.0613. The van der Waals surface area contributed by atoms with Crippen LogP contribution in [0.25, 0.3) is 0 Å². The number of rotatable bonds is 28. The first-order valence-electron chi connectivity index (χ1n) is 22.6. The number of unbranched alkanes of at least 4 members (excludes halogenated alkanes) is 18. The Bertz CT molecular complexity index is 1560. The van der Waals surface area contributed by atoms with E-state index in [0.29, 0.717) is 25.7 Å². The van der Waals surface area contributed by atoms with E-state index in [0.717, 1.165) is 45.4 Å². The van der Waals surface area contributed by atoms with Gasteiger partial charge in [0.05, 0.1) is 33.8 Å². The van der Waals surface area contributed by atoms with Gasteiger partial charge in [0.15, 0.2) is 0 Å². The summed E-state index contributed by atoms with van der Waals surface area (Å²) in [7, 11) is -7.56. The Labute approximate surface area is 370 Å². The molecule has 2 aromatic rings. The van der Waals surface area contributed by atoms with Gasteiger partial charge >= 0.3 is 19.5 Å². The minimum absolute atomic E-state index is 0. The number of benzene rings is 2. The van der Waals surface area contributed by atoms with Crippen molar-refractivity contribution in [2.45, 2.75) is 203 Å². The van der Waals surface area contributed by atoms with Crippen molar-refractivity contribution in [3.8, 4) is 0 Å². The van der Waals surface area contributed by atoms with Crippen LogP contribution >= 0.6 is 0 Å². The summed E-state index contributed by atoms with van der Waals surface area (Å²) in [6.45, 7) is 4.96. The van der Waals surface area contributed by atoms with Gasteiger partial charge in [-0.2, -0.15) is 8.61 Å². The largest absolute Gasteiger partial charge is 2.00 e. The monoisotopic (exact) mass is 947 g/mol. The van der Waals surface area contributed by atoms with Crippen LogP contribution in [0.3, 0.4) is 0 Å². The molecule has 0 aromatic heterocycles. The number of hydrogen-bond donors (Lipinski definition) is 0. The van der Waals surface area contributed by atoms with Gasteiger partial charge < -0.3 is 19.8 Å². The van der Waals surface area contributed by atoms with Gasteiger partial charge in [0.1, 0.15) is 0 Å². The van der Waals surface area contributed by atoms with Crippen LogP contribution in [0, 0.1) is 0 Å². The predicted molar refractivity (Wildman–Crippen MR) is 228 cm³/mol. The van der Waals surface area contributed by atoms with Crippen LogP contribution in [0.1, 0.15) is 179 Å². The molecule has 0 spiro atoms. The maximum Gasteiger partial charge on any atom is 2.00 e. The van der Waals surface area contributed by atoms with Crippen molar-refractivity contribution in [3.63, 3.8) is 0 Å². The van der Waals surface area contributed by atoms with Crippen LogP contribution in [0.4, 0.5) is 0 Å². The number of sulfonamides is 2. The third-order valence-corrected chi connectivity index (χ3v) is 15.5. The van der Waals surface area contributed by atoms with Gasteiger partial charge in [0.25, 0.3) is 0 Å². The molecule has 2 aliphatic rings. The maximum absolute atomic E-state index is 12.7. The standard InChI is InChI=1S/2C23H37NO4S.Rh/c2*1-2-3-4-5-6-7-8-9-10-11-13-20-15-17-21(18-16-20)29(27,28)24-19-12-14-22(24)23(25)26;/h2*15-18,22H,2-14,19H2,1H3,(H,25,26);/q;;+2/p-2/t2*22-;/m10./s1. The summed E-state index contributed by atoms with van der Waals surface area (Å²) in [6, 6.07) is 11.7. The molecule has 0 unspecified atom stereocenters. The molecule has 4 rings (SSSR count).